The van der Waals surface area contributed by atoms with E-state index in [0.29, 0.717) is 0 Å². The lowest BCUT2D eigenvalue weighted by molar-refractivity contribution is 0.912. The normalized spacial score (nSPS) is 13.2. The Morgan fingerprint density at radius 2 is 0.701 bits per heavy atom. The largest absolute Gasteiger partial charge is 0.311 e. The second-order valence-corrected chi connectivity index (χ2v) is 18.5. The van der Waals surface area contributed by atoms with Crippen molar-refractivity contribution in [1.82, 2.24) is 0 Å². The maximum atomic E-state index is 2.62. The smallest absolute Gasteiger partial charge is 0.252 e. The van der Waals surface area contributed by atoms with Crippen molar-refractivity contribution in [2.75, 3.05) is 9.80 Å². The van der Waals surface area contributed by atoms with E-state index in [4.69, 9.17) is 0 Å². The average molecular weight is 855 g/mol. The summed E-state index contributed by atoms with van der Waals surface area (Å²) in [5.74, 6) is 0. The molecule has 2 heterocycles. The Hall–Kier alpha value is -8.14. The minimum absolute atomic E-state index is 0.0237. The summed E-state index contributed by atoms with van der Waals surface area (Å²) in [7, 11) is 0. The van der Waals surface area contributed by atoms with Gasteiger partial charge in [0.25, 0.3) is 6.71 Å². The van der Waals surface area contributed by atoms with Crippen molar-refractivity contribution in [1.29, 1.82) is 0 Å². The van der Waals surface area contributed by atoms with Crippen LogP contribution in [0.2, 0.25) is 0 Å². The Labute approximate surface area is 394 Å². The first kappa shape index (κ1) is 39.2. The summed E-state index contributed by atoms with van der Waals surface area (Å²) in [4.78, 5) is 5.21. The Morgan fingerprint density at radius 1 is 0.313 bits per heavy atom. The molecule has 0 N–H and O–H groups in total. The van der Waals surface area contributed by atoms with Crippen molar-refractivity contribution >= 4 is 57.2 Å². The zero-order valence-corrected chi connectivity index (χ0v) is 37.5. The molecule has 0 bridgehead atoms. The summed E-state index contributed by atoms with van der Waals surface area (Å²) < 4.78 is 0. The van der Waals surface area contributed by atoms with E-state index in [2.05, 4.69) is 247 Å². The minimum atomic E-state index is 0.0237. The van der Waals surface area contributed by atoms with Gasteiger partial charge in [0.05, 0.1) is 0 Å². The Bertz CT molecular complexity index is 3380. The highest BCUT2D eigenvalue weighted by atomic mass is 15.2. The molecule has 0 spiro atoms. The second kappa shape index (κ2) is 16.1. The van der Waals surface area contributed by atoms with Gasteiger partial charge in [-0.15, -0.1) is 0 Å². The third-order valence-corrected chi connectivity index (χ3v) is 14.3. The third-order valence-electron chi connectivity index (χ3n) is 14.3. The molecular formula is C64H47BN2. The lowest BCUT2D eigenvalue weighted by atomic mass is 9.33. The van der Waals surface area contributed by atoms with E-state index in [1.807, 2.05) is 0 Å². The van der Waals surface area contributed by atoms with Crippen LogP contribution in [0.25, 0.3) is 55.6 Å². The summed E-state index contributed by atoms with van der Waals surface area (Å²) in [5, 5.41) is 0. The fourth-order valence-corrected chi connectivity index (χ4v) is 11.2. The third kappa shape index (κ3) is 6.81. The Morgan fingerprint density at radius 3 is 1.13 bits per heavy atom. The summed E-state index contributed by atoms with van der Waals surface area (Å²) in [5.41, 5.74) is 27.5. The monoisotopic (exact) mass is 854 g/mol. The molecule has 0 saturated heterocycles. The van der Waals surface area contributed by atoms with Gasteiger partial charge in [-0.05, 0) is 176 Å². The maximum absolute atomic E-state index is 2.62. The molecule has 2 aliphatic heterocycles. The van der Waals surface area contributed by atoms with Crippen LogP contribution >= 0.6 is 0 Å². The molecule has 3 heteroatoms. The quantitative estimate of drug-likeness (QED) is 0.147. The van der Waals surface area contributed by atoms with Gasteiger partial charge in [0.2, 0.25) is 0 Å². The van der Waals surface area contributed by atoms with Crippen LogP contribution in [0.5, 0.6) is 0 Å². The van der Waals surface area contributed by atoms with Gasteiger partial charge in [0, 0.05) is 34.1 Å². The van der Waals surface area contributed by atoms with Crippen molar-refractivity contribution in [3.8, 4) is 55.6 Å². The van der Waals surface area contributed by atoms with E-state index in [0.717, 1.165) is 18.5 Å². The van der Waals surface area contributed by atoms with E-state index in [1.165, 1.54) is 124 Å². The Balaban J connectivity index is 1.12. The van der Waals surface area contributed by atoms with Crippen LogP contribution in [-0.4, -0.2) is 6.71 Å². The first-order valence-electron chi connectivity index (χ1n) is 23.7. The van der Waals surface area contributed by atoms with Crippen LogP contribution in [0.1, 0.15) is 23.1 Å². The Kier molecular flexibility index (Phi) is 9.42. The van der Waals surface area contributed by atoms with E-state index in [1.54, 1.807) is 0 Å². The predicted octanol–water partition coefficient (Wildman–Crippen LogP) is 14.9. The van der Waals surface area contributed by atoms with Crippen LogP contribution in [-0.2, 0) is 12.8 Å². The zero-order chi connectivity index (χ0) is 44.4. The summed E-state index contributed by atoms with van der Waals surface area (Å²) in [6, 6.07) is 86.1. The van der Waals surface area contributed by atoms with Crippen molar-refractivity contribution in [3.05, 3.63) is 247 Å². The number of hydrogen-bond donors (Lipinski definition) is 0. The highest BCUT2D eigenvalue weighted by Crippen LogP contribution is 2.48. The number of anilines is 6. The first-order valence-corrected chi connectivity index (χ1v) is 23.7. The molecule has 0 saturated carbocycles. The molecule has 2 nitrogen and oxygen atoms in total. The average Bonchev–Trinajstić information content (AvgIpc) is 3.86. The van der Waals surface area contributed by atoms with Crippen LogP contribution in [0, 0.1) is 6.92 Å². The minimum Gasteiger partial charge on any atom is -0.311 e. The van der Waals surface area contributed by atoms with Gasteiger partial charge < -0.3 is 9.80 Å². The molecule has 0 aromatic heterocycles. The van der Waals surface area contributed by atoms with Crippen LogP contribution < -0.4 is 26.2 Å². The maximum Gasteiger partial charge on any atom is 0.252 e. The standard InChI is InChI=1S/C64H47BN2/c1-43-32-62-64-63(33-43)67(57-38-54(47-24-13-5-14-25-47)35-55(39-57)48-26-15-6-16-27-48)61-41-50-29-17-28-49(50)40-59(61)65(64)58-31-30-51(44-18-7-2-8-19-44)42-60(58)66(62)56-36-52(45-20-9-3-10-21-45)34-53(37-56)46-22-11-4-12-23-46/h2-16,18-27,30-42H,17,28-29H2,1H3. The van der Waals surface area contributed by atoms with Crippen molar-refractivity contribution < 1.29 is 0 Å². The molecule has 0 amide bonds. The van der Waals surface area contributed by atoms with Gasteiger partial charge >= 0.3 is 0 Å². The number of nitrogens with zero attached hydrogens (tertiary/aromatic N) is 2. The highest BCUT2D eigenvalue weighted by Gasteiger charge is 2.44. The molecule has 10 aromatic carbocycles. The fraction of sp³-hybridized carbons (Fsp3) is 0.0625. The first-order chi connectivity index (χ1) is 33.1. The molecule has 0 atom stereocenters. The van der Waals surface area contributed by atoms with Crippen molar-refractivity contribution in [2.24, 2.45) is 0 Å². The highest BCUT2D eigenvalue weighted by molar-refractivity contribution is 7.00. The number of fused-ring (bicyclic) bond motifs is 5. The van der Waals surface area contributed by atoms with Gasteiger partial charge in [-0.25, -0.2) is 0 Å². The van der Waals surface area contributed by atoms with Crippen LogP contribution in [0.3, 0.4) is 0 Å². The summed E-state index contributed by atoms with van der Waals surface area (Å²) in [6.45, 7) is 2.30. The number of hydrogen-bond acceptors (Lipinski definition) is 2. The topological polar surface area (TPSA) is 6.48 Å². The zero-order valence-electron chi connectivity index (χ0n) is 37.5. The second-order valence-electron chi connectivity index (χ2n) is 18.5. The molecule has 67 heavy (non-hydrogen) atoms. The molecule has 1 aliphatic carbocycles. The predicted molar refractivity (Wildman–Crippen MR) is 284 cm³/mol. The van der Waals surface area contributed by atoms with Gasteiger partial charge in [-0.3, -0.25) is 0 Å². The van der Waals surface area contributed by atoms with Gasteiger partial charge in [-0.1, -0.05) is 170 Å². The van der Waals surface area contributed by atoms with Crippen molar-refractivity contribution in [3.63, 3.8) is 0 Å². The lowest BCUT2D eigenvalue weighted by Gasteiger charge is -2.45. The van der Waals surface area contributed by atoms with E-state index in [-0.39, 0.29) is 6.71 Å². The van der Waals surface area contributed by atoms with Gasteiger partial charge in [-0.2, -0.15) is 0 Å². The molecule has 10 aromatic rings. The summed E-state index contributed by atoms with van der Waals surface area (Å²) >= 11 is 0. The molecule has 0 radical (unpaired) electrons. The van der Waals surface area contributed by atoms with Gasteiger partial charge in [0.15, 0.2) is 0 Å². The van der Waals surface area contributed by atoms with Crippen molar-refractivity contribution in [2.45, 2.75) is 26.2 Å². The van der Waals surface area contributed by atoms with Crippen LogP contribution in [0.15, 0.2) is 231 Å². The number of aryl methyl sites for hydroxylation is 3. The summed E-state index contributed by atoms with van der Waals surface area (Å²) in [6.07, 6.45) is 3.41. The number of rotatable bonds is 7. The molecule has 316 valence electrons. The van der Waals surface area contributed by atoms with Crippen LogP contribution in [0.4, 0.5) is 34.1 Å². The lowest BCUT2D eigenvalue weighted by Crippen LogP contribution is -2.61. The molecule has 13 rings (SSSR count). The molecule has 0 fully saturated rings. The van der Waals surface area contributed by atoms with Gasteiger partial charge in [0.1, 0.15) is 0 Å². The fourth-order valence-electron chi connectivity index (χ4n) is 11.2. The number of benzene rings is 10. The molecular weight excluding hydrogens is 808 g/mol. The molecule has 0 unspecified atom stereocenters. The SMILES string of the molecule is Cc1cc2c3c(c1)N(c1cc(-c4ccccc4)cc(-c4ccccc4)c1)c1cc4c(cc1B3c1ccc(-c3ccccc3)cc1N2c1cc(-c2ccccc2)cc(-c2ccccc2)c1)CCC4. The molecule has 3 aliphatic rings. The van der Waals surface area contributed by atoms with E-state index >= 15 is 0 Å². The van der Waals surface area contributed by atoms with E-state index < -0.39 is 0 Å². The van der Waals surface area contributed by atoms with E-state index in [9.17, 15) is 0 Å².